The van der Waals surface area contributed by atoms with E-state index in [9.17, 15) is 9.59 Å². The SMILES string of the molecule is Cc1ccccc1C(=O)N1CCC[C@]12CC(C)(C)O[C@H]2CC(N)=O. The van der Waals surface area contributed by atoms with Crippen LogP contribution in [0.2, 0.25) is 0 Å². The number of aryl methyl sites for hydroxylation is 1. The molecule has 2 aliphatic rings. The van der Waals surface area contributed by atoms with E-state index < -0.39 is 5.54 Å². The predicted octanol–water partition coefficient (Wildman–Crippen LogP) is 2.41. The molecule has 130 valence electrons. The number of benzene rings is 1. The summed E-state index contributed by atoms with van der Waals surface area (Å²) in [4.78, 5) is 26.7. The maximum Gasteiger partial charge on any atom is 0.254 e. The average molecular weight is 330 g/mol. The Balaban J connectivity index is 1.97. The Morgan fingerprint density at radius 2 is 2.04 bits per heavy atom. The molecule has 3 rings (SSSR count). The minimum atomic E-state index is -0.433. The van der Waals surface area contributed by atoms with Crippen LogP contribution in [0.5, 0.6) is 0 Å². The highest BCUT2D eigenvalue weighted by atomic mass is 16.5. The van der Waals surface area contributed by atoms with Gasteiger partial charge < -0.3 is 15.4 Å². The standard InChI is InChI=1S/C19H26N2O3/c1-13-7-4-5-8-14(13)17(23)21-10-6-9-19(21)12-18(2,3)24-15(19)11-16(20)22/h4-5,7-8,15H,6,9-12H2,1-3H3,(H2,20,22)/t15-,19+/m0/s1. The second-order valence-electron chi connectivity index (χ2n) is 7.69. The predicted molar refractivity (Wildman–Crippen MR) is 91.6 cm³/mol. The van der Waals surface area contributed by atoms with Crippen LogP contribution in [0.3, 0.4) is 0 Å². The zero-order valence-corrected chi connectivity index (χ0v) is 14.7. The second-order valence-corrected chi connectivity index (χ2v) is 7.69. The lowest BCUT2D eigenvalue weighted by Gasteiger charge is -2.39. The number of carbonyl (C=O) groups excluding carboxylic acids is 2. The summed E-state index contributed by atoms with van der Waals surface area (Å²) in [6.07, 6.45) is 2.33. The van der Waals surface area contributed by atoms with Crippen LogP contribution in [0.25, 0.3) is 0 Å². The van der Waals surface area contributed by atoms with E-state index in [1.54, 1.807) is 0 Å². The zero-order chi connectivity index (χ0) is 17.5. The van der Waals surface area contributed by atoms with Gasteiger partial charge in [0.25, 0.3) is 5.91 Å². The van der Waals surface area contributed by atoms with Gasteiger partial charge in [-0.15, -0.1) is 0 Å². The van der Waals surface area contributed by atoms with E-state index in [1.807, 2.05) is 49.9 Å². The fraction of sp³-hybridized carbons (Fsp3) is 0.579. The first-order valence-electron chi connectivity index (χ1n) is 8.59. The number of ether oxygens (including phenoxy) is 1. The van der Waals surface area contributed by atoms with Crippen molar-refractivity contribution in [2.75, 3.05) is 6.54 Å². The third kappa shape index (κ3) is 2.81. The van der Waals surface area contributed by atoms with Crippen LogP contribution in [0.15, 0.2) is 24.3 Å². The summed E-state index contributed by atoms with van der Waals surface area (Å²) >= 11 is 0. The lowest BCUT2D eigenvalue weighted by molar-refractivity contribution is -0.123. The quantitative estimate of drug-likeness (QED) is 0.925. The van der Waals surface area contributed by atoms with E-state index in [0.717, 1.165) is 30.4 Å². The van der Waals surface area contributed by atoms with Crippen LogP contribution in [0, 0.1) is 6.92 Å². The monoisotopic (exact) mass is 330 g/mol. The lowest BCUT2D eigenvalue weighted by atomic mass is 9.82. The molecule has 2 atom stereocenters. The Kier molecular flexibility index (Phi) is 4.16. The van der Waals surface area contributed by atoms with Crippen molar-refractivity contribution in [3.63, 3.8) is 0 Å². The van der Waals surface area contributed by atoms with Gasteiger partial charge >= 0.3 is 0 Å². The van der Waals surface area contributed by atoms with E-state index in [0.29, 0.717) is 6.54 Å². The molecule has 2 saturated heterocycles. The van der Waals surface area contributed by atoms with E-state index in [1.165, 1.54) is 0 Å². The van der Waals surface area contributed by atoms with Crippen molar-refractivity contribution in [2.24, 2.45) is 5.73 Å². The van der Waals surface area contributed by atoms with E-state index in [-0.39, 0.29) is 29.9 Å². The number of nitrogens with two attached hydrogens (primary N) is 1. The first-order valence-corrected chi connectivity index (χ1v) is 8.59. The maximum atomic E-state index is 13.2. The summed E-state index contributed by atoms with van der Waals surface area (Å²) in [6, 6.07) is 7.64. The van der Waals surface area contributed by atoms with E-state index >= 15 is 0 Å². The van der Waals surface area contributed by atoms with Gasteiger partial charge in [0.05, 0.1) is 23.7 Å². The van der Waals surface area contributed by atoms with Gasteiger partial charge in [0.15, 0.2) is 0 Å². The van der Waals surface area contributed by atoms with Crippen molar-refractivity contribution in [2.45, 2.75) is 63.7 Å². The van der Waals surface area contributed by atoms with Crippen molar-refractivity contribution < 1.29 is 14.3 Å². The second kappa shape index (κ2) is 5.88. The summed E-state index contributed by atoms with van der Waals surface area (Å²) in [5.41, 5.74) is 6.34. The molecule has 2 fully saturated rings. The van der Waals surface area contributed by atoms with Crippen LogP contribution in [0.1, 0.15) is 55.5 Å². The highest BCUT2D eigenvalue weighted by Gasteiger charge is 2.58. The van der Waals surface area contributed by atoms with Gasteiger partial charge in [0, 0.05) is 18.5 Å². The van der Waals surface area contributed by atoms with Crippen molar-refractivity contribution in [1.29, 1.82) is 0 Å². The molecule has 0 unspecified atom stereocenters. The van der Waals surface area contributed by atoms with Gasteiger partial charge in [0.1, 0.15) is 0 Å². The number of hydrogen-bond donors (Lipinski definition) is 1. The molecule has 0 saturated carbocycles. The Morgan fingerprint density at radius 3 is 2.71 bits per heavy atom. The van der Waals surface area contributed by atoms with Crippen LogP contribution in [0.4, 0.5) is 0 Å². The molecule has 1 aromatic carbocycles. The lowest BCUT2D eigenvalue weighted by Crippen LogP contribution is -2.53. The van der Waals surface area contributed by atoms with Gasteiger partial charge in [-0.25, -0.2) is 0 Å². The Morgan fingerprint density at radius 1 is 1.33 bits per heavy atom. The van der Waals surface area contributed by atoms with Crippen molar-refractivity contribution in [1.82, 2.24) is 4.90 Å². The number of primary amides is 1. The number of carbonyl (C=O) groups is 2. The molecular formula is C19H26N2O3. The fourth-order valence-corrected chi connectivity index (χ4v) is 4.48. The van der Waals surface area contributed by atoms with Gasteiger partial charge in [-0.1, -0.05) is 18.2 Å². The van der Waals surface area contributed by atoms with Crippen LogP contribution >= 0.6 is 0 Å². The third-order valence-corrected chi connectivity index (χ3v) is 5.33. The zero-order valence-electron chi connectivity index (χ0n) is 14.7. The Labute approximate surface area is 143 Å². The highest BCUT2D eigenvalue weighted by Crippen LogP contribution is 2.49. The van der Waals surface area contributed by atoms with Crippen molar-refractivity contribution in [3.8, 4) is 0 Å². The summed E-state index contributed by atoms with van der Waals surface area (Å²) in [5, 5.41) is 0. The molecule has 2 N–H and O–H groups in total. The van der Waals surface area contributed by atoms with Gasteiger partial charge in [-0.2, -0.15) is 0 Å². The third-order valence-electron chi connectivity index (χ3n) is 5.33. The normalized spacial score (nSPS) is 28.5. The maximum absolute atomic E-state index is 13.2. The highest BCUT2D eigenvalue weighted by molar-refractivity contribution is 5.96. The molecule has 2 aliphatic heterocycles. The summed E-state index contributed by atoms with van der Waals surface area (Å²) < 4.78 is 6.15. The molecular weight excluding hydrogens is 304 g/mol. The van der Waals surface area contributed by atoms with Gasteiger partial charge in [0.2, 0.25) is 5.91 Å². The number of hydrogen-bond acceptors (Lipinski definition) is 3. The number of likely N-dealkylation sites (tertiary alicyclic amines) is 1. The smallest absolute Gasteiger partial charge is 0.254 e. The Bertz CT molecular complexity index is 670. The Hall–Kier alpha value is -1.88. The van der Waals surface area contributed by atoms with Crippen molar-refractivity contribution in [3.05, 3.63) is 35.4 Å². The molecule has 2 amide bonds. The minimum Gasteiger partial charge on any atom is -0.370 e. The first kappa shape index (κ1) is 17.0. The number of amides is 2. The topological polar surface area (TPSA) is 72.6 Å². The van der Waals surface area contributed by atoms with Crippen LogP contribution in [-0.4, -0.2) is 40.5 Å². The summed E-state index contributed by atoms with van der Waals surface area (Å²) in [7, 11) is 0. The van der Waals surface area contributed by atoms with Crippen LogP contribution in [-0.2, 0) is 9.53 Å². The van der Waals surface area contributed by atoms with E-state index in [2.05, 4.69) is 0 Å². The molecule has 0 bridgehead atoms. The molecule has 5 nitrogen and oxygen atoms in total. The summed E-state index contributed by atoms with van der Waals surface area (Å²) in [6.45, 7) is 6.68. The molecule has 1 spiro atoms. The summed E-state index contributed by atoms with van der Waals surface area (Å²) in [5.74, 6) is -0.353. The van der Waals surface area contributed by atoms with Crippen LogP contribution < -0.4 is 5.73 Å². The van der Waals surface area contributed by atoms with Gasteiger partial charge in [-0.3, -0.25) is 9.59 Å². The molecule has 24 heavy (non-hydrogen) atoms. The fourth-order valence-electron chi connectivity index (χ4n) is 4.48. The van der Waals surface area contributed by atoms with Gasteiger partial charge in [-0.05, 0) is 45.2 Å². The molecule has 1 aromatic rings. The largest absolute Gasteiger partial charge is 0.370 e. The average Bonchev–Trinajstić information content (AvgIpc) is 3.00. The first-order chi connectivity index (χ1) is 11.3. The molecule has 0 radical (unpaired) electrons. The van der Waals surface area contributed by atoms with Crippen molar-refractivity contribution >= 4 is 11.8 Å². The molecule has 2 heterocycles. The minimum absolute atomic E-state index is 0.0290. The molecule has 5 heteroatoms. The number of rotatable bonds is 3. The number of nitrogens with zero attached hydrogens (tertiary/aromatic N) is 1. The molecule has 0 aromatic heterocycles. The van der Waals surface area contributed by atoms with E-state index in [4.69, 9.17) is 10.5 Å². The molecule has 0 aliphatic carbocycles.